The molecule has 2 aromatic carbocycles. The molecule has 0 heterocycles. The molecular weight excluding hydrogens is 266 g/mol. The number of benzene rings is 2. The smallest absolute Gasteiger partial charge is 0.0453 e. The zero-order valence-corrected chi connectivity index (χ0v) is 12.7. The molecule has 2 atom stereocenters. The first-order valence-electron chi connectivity index (χ1n) is 7.25. The van der Waals surface area contributed by atoms with E-state index in [0.29, 0.717) is 6.04 Å². The van der Waals surface area contributed by atoms with Crippen LogP contribution in [0.5, 0.6) is 0 Å². The molecule has 1 unspecified atom stereocenters. The van der Waals surface area contributed by atoms with Gasteiger partial charge in [0.2, 0.25) is 0 Å². The van der Waals surface area contributed by atoms with E-state index in [2.05, 4.69) is 43.4 Å². The van der Waals surface area contributed by atoms with Gasteiger partial charge in [-0.05, 0) is 49.4 Å². The number of hydrogen-bond donors (Lipinski definition) is 1. The van der Waals surface area contributed by atoms with E-state index in [-0.39, 0.29) is 6.04 Å². The molecule has 0 aliphatic heterocycles. The minimum atomic E-state index is 0.264. The Morgan fingerprint density at radius 3 is 2.80 bits per heavy atom. The second-order valence-corrected chi connectivity index (χ2v) is 6.11. The van der Waals surface area contributed by atoms with Crippen LogP contribution in [0, 0.1) is 6.92 Å². The fraction of sp³-hybridized carbons (Fsp3) is 0.333. The number of fused-ring (bicyclic) bond motifs is 1. The number of rotatable bonds is 3. The monoisotopic (exact) mass is 285 g/mol. The van der Waals surface area contributed by atoms with Gasteiger partial charge in [-0.3, -0.25) is 0 Å². The average Bonchev–Trinajstić information content (AvgIpc) is 2.82. The Morgan fingerprint density at radius 1 is 1.20 bits per heavy atom. The fourth-order valence-corrected chi connectivity index (χ4v) is 3.41. The molecule has 0 aromatic heterocycles. The first-order valence-corrected chi connectivity index (χ1v) is 7.63. The molecule has 104 valence electrons. The predicted octanol–water partition coefficient (Wildman–Crippen LogP) is 4.99. The van der Waals surface area contributed by atoms with Crippen molar-refractivity contribution in [3.05, 3.63) is 69.7 Å². The van der Waals surface area contributed by atoms with Crippen LogP contribution in [0.15, 0.2) is 42.5 Å². The minimum absolute atomic E-state index is 0.264. The molecule has 1 nitrogen and oxygen atoms in total. The molecule has 0 radical (unpaired) electrons. The fourth-order valence-electron chi connectivity index (χ4n) is 3.11. The SMILES string of the molecule is Cc1ccc2c(c1)C(N[C@H](C)c1ccccc1Cl)CC2. The highest BCUT2D eigenvalue weighted by Crippen LogP contribution is 2.34. The summed E-state index contributed by atoms with van der Waals surface area (Å²) < 4.78 is 0. The van der Waals surface area contributed by atoms with Crippen molar-refractivity contribution in [2.75, 3.05) is 0 Å². The van der Waals surface area contributed by atoms with Crippen molar-refractivity contribution in [1.82, 2.24) is 5.32 Å². The number of aryl methyl sites for hydroxylation is 2. The topological polar surface area (TPSA) is 12.0 Å². The first kappa shape index (κ1) is 13.7. The van der Waals surface area contributed by atoms with E-state index < -0.39 is 0 Å². The molecule has 1 aliphatic carbocycles. The van der Waals surface area contributed by atoms with Crippen LogP contribution in [0.3, 0.4) is 0 Å². The third kappa shape index (κ3) is 2.61. The largest absolute Gasteiger partial charge is 0.303 e. The molecule has 1 N–H and O–H groups in total. The molecule has 0 bridgehead atoms. The van der Waals surface area contributed by atoms with Gasteiger partial charge >= 0.3 is 0 Å². The summed E-state index contributed by atoms with van der Waals surface area (Å²) in [4.78, 5) is 0. The molecule has 20 heavy (non-hydrogen) atoms. The molecule has 1 aliphatic rings. The quantitative estimate of drug-likeness (QED) is 0.838. The zero-order valence-electron chi connectivity index (χ0n) is 12.0. The van der Waals surface area contributed by atoms with Crippen LogP contribution in [-0.2, 0) is 6.42 Å². The van der Waals surface area contributed by atoms with Crippen molar-refractivity contribution >= 4 is 11.6 Å². The highest BCUT2D eigenvalue weighted by Gasteiger charge is 2.24. The summed E-state index contributed by atoms with van der Waals surface area (Å²) in [5, 5.41) is 4.58. The highest BCUT2D eigenvalue weighted by molar-refractivity contribution is 6.31. The molecule has 0 amide bonds. The summed E-state index contributed by atoms with van der Waals surface area (Å²) in [5.74, 6) is 0. The summed E-state index contributed by atoms with van der Waals surface area (Å²) in [6.45, 7) is 4.35. The number of hydrogen-bond acceptors (Lipinski definition) is 1. The van der Waals surface area contributed by atoms with Crippen molar-refractivity contribution in [2.45, 2.75) is 38.8 Å². The van der Waals surface area contributed by atoms with Gasteiger partial charge in [0.1, 0.15) is 0 Å². The Balaban J connectivity index is 1.80. The van der Waals surface area contributed by atoms with Gasteiger partial charge in [0.05, 0.1) is 0 Å². The Labute approximate surface area is 126 Å². The molecule has 0 saturated carbocycles. The van der Waals surface area contributed by atoms with E-state index in [1.54, 1.807) is 0 Å². The van der Waals surface area contributed by atoms with Gasteiger partial charge in [-0.2, -0.15) is 0 Å². The number of nitrogens with one attached hydrogen (secondary N) is 1. The lowest BCUT2D eigenvalue weighted by molar-refractivity contribution is 0.465. The van der Waals surface area contributed by atoms with Gasteiger partial charge in [-0.1, -0.05) is 53.6 Å². The summed E-state index contributed by atoms with van der Waals surface area (Å²) in [6.07, 6.45) is 2.34. The standard InChI is InChI=1S/C18H20ClN/c1-12-7-8-14-9-10-18(16(14)11-12)20-13(2)15-5-3-4-6-17(15)19/h3-8,11,13,18,20H,9-10H2,1-2H3/t13-,18?/m1/s1. The maximum Gasteiger partial charge on any atom is 0.0453 e. The third-order valence-corrected chi connectivity index (χ3v) is 4.55. The lowest BCUT2D eigenvalue weighted by Crippen LogP contribution is -2.23. The van der Waals surface area contributed by atoms with Crippen molar-refractivity contribution in [3.63, 3.8) is 0 Å². The van der Waals surface area contributed by atoms with Crippen LogP contribution in [0.4, 0.5) is 0 Å². The van der Waals surface area contributed by atoms with E-state index in [1.807, 2.05) is 18.2 Å². The maximum atomic E-state index is 6.29. The van der Waals surface area contributed by atoms with Gasteiger partial charge in [0.15, 0.2) is 0 Å². The van der Waals surface area contributed by atoms with Gasteiger partial charge in [0, 0.05) is 17.1 Å². The molecular formula is C18H20ClN. The Morgan fingerprint density at radius 2 is 2.00 bits per heavy atom. The summed E-state index contributed by atoms with van der Waals surface area (Å²) in [6, 6.07) is 15.6. The lowest BCUT2D eigenvalue weighted by Gasteiger charge is -2.22. The zero-order chi connectivity index (χ0) is 14.1. The van der Waals surface area contributed by atoms with Gasteiger partial charge in [-0.25, -0.2) is 0 Å². The Bertz CT molecular complexity index is 621. The van der Waals surface area contributed by atoms with Gasteiger partial charge < -0.3 is 5.32 Å². The minimum Gasteiger partial charge on any atom is -0.303 e. The molecule has 0 saturated heterocycles. The van der Waals surface area contributed by atoms with Crippen LogP contribution in [0.1, 0.15) is 47.7 Å². The number of halogens is 1. The molecule has 0 fully saturated rings. The molecule has 3 rings (SSSR count). The van der Waals surface area contributed by atoms with E-state index in [1.165, 1.54) is 35.1 Å². The summed E-state index contributed by atoms with van der Waals surface area (Å²) in [5.41, 5.74) is 5.46. The van der Waals surface area contributed by atoms with Crippen molar-refractivity contribution in [3.8, 4) is 0 Å². The molecule has 0 spiro atoms. The van der Waals surface area contributed by atoms with Crippen LogP contribution < -0.4 is 5.32 Å². The normalized spacial score (nSPS) is 18.9. The van der Waals surface area contributed by atoms with Crippen LogP contribution >= 0.6 is 11.6 Å². The van der Waals surface area contributed by atoms with E-state index in [9.17, 15) is 0 Å². The maximum absolute atomic E-state index is 6.29. The second-order valence-electron chi connectivity index (χ2n) is 5.70. The molecule has 2 heteroatoms. The lowest BCUT2D eigenvalue weighted by atomic mass is 10.0. The third-order valence-electron chi connectivity index (χ3n) is 4.20. The van der Waals surface area contributed by atoms with Crippen molar-refractivity contribution in [2.24, 2.45) is 0 Å². The van der Waals surface area contributed by atoms with Crippen molar-refractivity contribution < 1.29 is 0 Å². The van der Waals surface area contributed by atoms with Crippen LogP contribution in [-0.4, -0.2) is 0 Å². The predicted molar refractivity (Wildman–Crippen MR) is 85.2 cm³/mol. The van der Waals surface area contributed by atoms with Crippen LogP contribution in [0.2, 0.25) is 5.02 Å². The first-order chi connectivity index (χ1) is 9.65. The van der Waals surface area contributed by atoms with E-state index in [0.717, 1.165) is 5.02 Å². The second kappa shape index (κ2) is 5.59. The summed E-state index contributed by atoms with van der Waals surface area (Å²) in [7, 11) is 0. The van der Waals surface area contributed by atoms with E-state index >= 15 is 0 Å². The van der Waals surface area contributed by atoms with Gasteiger partial charge in [0.25, 0.3) is 0 Å². The van der Waals surface area contributed by atoms with Gasteiger partial charge in [-0.15, -0.1) is 0 Å². The Hall–Kier alpha value is -1.31. The van der Waals surface area contributed by atoms with E-state index in [4.69, 9.17) is 11.6 Å². The average molecular weight is 286 g/mol. The highest BCUT2D eigenvalue weighted by atomic mass is 35.5. The molecule has 2 aromatic rings. The van der Waals surface area contributed by atoms with Crippen LogP contribution in [0.25, 0.3) is 0 Å². The van der Waals surface area contributed by atoms with Crippen molar-refractivity contribution in [1.29, 1.82) is 0 Å². The summed E-state index contributed by atoms with van der Waals surface area (Å²) >= 11 is 6.29. The Kier molecular flexibility index (Phi) is 3.82.